The van der Waals surface area contributed by atoms with Crippen molar-refractivity contribution in [2.45, 2.75) is 5.92 Å². The van der Waals surface area contributed by atoms with Crippen LogP contribution in [0.2, 0.25) is 0 Å². The smallest absolute Gasteiger partial charge is 0.287 e. The molecule has 0 fully saturated rings. The van der Waals surface area contributed by atoms with Crippen molar-refractivity contribution in [3.05, 3.63) is 29.8 Å². The van der Waals surface area contributed by atoms with E-state index in [0.717, 1.165) is 0 Å². The highest BCUT2D eigenvalue weighted by atomic mass is 19.3. The number of nitrogens with zero attached hydrogens (tertiary/aromatic N) is 3. The number of tetrazole rings is 1. The Bertz CT molecular complexity index is 571. The van der Waals surface area contributed by atoms with E-state index in [-0.39, 0.29) is 5.56 Å². The highest BCUT2D eigenvalue weighted by molar-refractivity contribution is 5.94. The van der Waals surface area contributed by atoms with Crippen LogP contribution in [0.3, 0.4) is 0 Å². The van der Waals surface area contributed by atoms with E-state index in [4.69, 9.17) is 5.11 Å². The van der Waals surface area contributed by atoms with Crippen molar-refractivity contribution < 1.29 is 18.7 Å². The van der Waals surface area contributed by atoms with Crippen LogP contribution < -0.4 is 5.32 Å². The molecule has 1 heterocycles. The van der Waals surface area contributed by atoms with Crippen LogP contribution in [-0.2, 0) is 0 Å². The summed E-state index contributed by atoms with van der Waals surface area (Å²) >= 11 is 0. The largest absolute Gasteiger partial charge is 0.390 e. The van der Waals surface area contributed by atoms with Crippen molar-refractivity contribution in [1.29, 1.82) is 0 Å². The number of H-pyrrole nitrogens is 1. The molecule has 0 saturated heterocycles. The predicted octanol–water partition coefficient (Wildman–Crippen LogP) is 0.224. The Balaban J connectivity index is 2.01. The van der Waals surface area contributed by atoms with Crippen LogP contribution in [0, 0.1) is 0 Å². The van der Waals surface area contributed by atoms with Crippen molar-refractivity contribution in [1.82, 2.24) is 25.9 Å². The van der Waals surface area contributed by atoms with Gasteiger partial charge in [0.15, 0.2) is 0 Å². The maximum Gasteiger partial charge on any atom is 0.287 e. The number of benzene rings is 1. The van der Waals surface area contributed by atoms with Gasteiger partial charge in [0.1, 0.15) is 6.61 Å². The molecule has 0 spiro atoms. The number of nitrogens with one attached hydrogen (secondary N) is 2. The van der Waals surface area contributed by atoms with Crippen LogP contribution in [0.1, 0.15) is 10.4 Å². The van der Waals surface area contributed by atoms with Crippen molar-refractivity contribution in [2.75, 3.05) is 13.2 Å². The van der Waals surface area contributed by atoms with E-state index >= 15 is 0 Å². The summed E-state index contributed by atoms with van der Waals surface area (Å²) in [5.41, 5.74) is 0.849. The van der Waals surface area contributed by atoms with Crippen LogP contribution in [-0.4, -0.2) is 50.7 Å². The molecule has 1 amide bonds. The maximum absolute atomic E-state index is 12.8. The number of rotatable bonds is 5. The van der Waals surface area contributed by atoms with Crippen molar-refractivity contribution in [2.24, 2.45) is 0 Å². The molecule has 9 heteroatoms. The summed E-state index contributed by atoms with van der Waals surface area (Å²) in [5, 5.41) is 23.7. The zero-order valence-electron chi connectivity index (χ0n) is 10.2. The SMILES string of the molecule is O=C(NCC(F)(F)CO)c1ccc(-c2nn[nH]n2)cc1. The standard InChI is InChI=1S/C11H11F2N5O2/c12-11(13,6-19)5-14-10(20)8-3-1-7(2-4-8)9-15-17-18-16-9/h1-4,19H,5-6H2,(H,14,20)(H,15,16,17,18). The quantitative estimate of drug-likeness (QED) is 0.728. The van der Waals surface area contributed by atoms with Crippen LogP contribution >= 0.6 is 0 Å². The number of aliphatic hydroxyl groups excluding tert-OH is 1. The fourth-order valence-corrected chi connectivity index (χ4v) is 1.42. The first kappa shape index (κ1) is 14.0. The van der Waals surface area contributed by atoms with Crippen molar-refractivity contribution >= 4 is 5.91 Å². The first-order chi connectivity index (χ1) is 9.52. The van der Waals surface area contributed by atoms with Gasteiger partial charge in [-0.25, -0.2) is 8.78 Å². The number of halogens is 2. The van der Waals surface area contributed by atoms with Crippen molar-refractivity contribution in [3.8, 4) is 11.4 Å². The monoisotopic (exact) mass is 283 g/mol. The third-order valence-corrected chi connectivity index (χ3v) is 2.49. The molecule has 3 N–H and O–H groups in total. The molecule has 1 aromatic carbocycles. The second-order valence-electron chi connectivity index (χ2n) is 4.01. The van der Waals surface area contributed by atoms with Gasteiger partial charge in [0.05, 0.1) is 6.54 Å². The first-order valence-electron chi connectivity index (χ1n) is 5.62. The summed E-state index contributed by atoms with van der Waals surface area (Å²) in [5.74, 6) is -3.62. The normalized spacial score (nSPS) is 11.3. The van der Waals surface area contributed by atoms with Crippen LogP contribution in [0.15, 0.2) is 24.3 Å². The Kier molecular flexibility index (Phi) is 3.99. The number of carbonyl (C=O) groups excluding carboxylic acids is 1. The van der Waals surface area contributed by atoms with Gasteiger partial charge in [-0.15, -0.1) is 10.2 Å². The number of carbonyl (C=O) groups is 1. The molecule has 0 radical (unpaired) electrons. The van der Waals surface area contributed by atoms with E-state index in [1.54, 1.807) is 12.1 Å². The van der Waals surface area contributed by atoms with Gasteiger partial charge in [-0.1, -0.05) is 12.1 Å². The molecule has 7 nitrogen and oxygen atoms in total. The van der Waals surface area contributed by atoms with E-state index in [0.29, 0.717) is 11.4 Å². The van der Waals surface area contributed by atoms with Gasteiger partial charge in [-0.2, -0.15) is 5.21 Å². The highest BCUT2D eigenvalue weighted by Crippen LogP contribution is 2.14. The van der Waals surface area contributed by atoms with E-state index in [1.165, 1.54) is 12.1 Å². The second kappa shape index (κ2) is 5.70. The molecule has 0 atom stereocenters. The first-order valence-corrected chi connectivity index (χ1v) is 5.62. The lowest BCUT2D eigenvalue weighted by Crippen LogP contribution is -2.38. The fourth-order valence-electron chi connectivity index (χ4n) is 1.42. The minimum atomic E-state index is -3.33. The van der Waals surface area contributed by atoms with Gasteiger partial charge >= 0.3 is 0 Å². The molecule has 0 saturated carbocycles. The van der Waals surface area contributed by atoms with E-state index < -0.39 is 25.0 Å². The molecule has 20 heavy (non-hydrogen) atoms. The number of hydrogen-bond donors (Lipinski definition) is 3. The number of amides is 1. The molecule has 1 aromatic heterocycles. The summed E-state index contributed by atoms with van der Waals surface area (Å²) in [6.07, 6.45) is 0. The molecule has 0 unspecified atom stereocenters. The molecule has 2 aromatic rings. The Morgan fingerprint density at radius 2 is 2.05 bits per heavy atom. The summed E-state index contributed by atoms with van der Waals surface area (Å²) in [6.45, 7) is -2.24. The van der Waals surface area contributed by atoms with E-state index in [2.05, 4.69) is 20.6 Å². The van der Waals surface area contributed by atoms with Gasteiger partial charge in [0.2, 0.25) is 5.82 Å². The lowest BCUT2D eigenvalue weighted by atomic mass is 10.1. The zero-order valence-corrected chi connectivity index (χ0v) is 10.2. The summed E-state index contributed by atoms with van der Waals surface area (Å²) < 4.78 is 25.6. The maximum atomic E-state index is 12.8. The minimum Gasteiger partial charge on any atom is -0.390 e. The lowest BCUT2D eigenvalue weighted by molar-refractivity contribution is -0.0462. The molecular weight excluding hydrogens is 272 g/mol. The number of aromatic nitrogens is 4. The van der Waals surface area contributed by atoms with Crippen molar-refractivity contribution in [3.63, 3.8) is 0 Å². The Hall–Kier alpha value is -2.42. The third kappa shape index (κ3) is 3.32. The van der Waals surface area contributed by atoms with E-state index in [1.807, 2.05) is 5.32 Å². The van der Waals surface area contributed by atoms with Crippen LogP contribution in [0.5, 0.6) is 0 Å². The van der Waals surface area contributed by atoms with E-state index in [9.17, 15) is 13.6 Å². The summed E-state index contributed by atoms with van der Waals surface area (Å²) in [4.78, 5) is 11.6. The van der Waals surface area contributed by atoms with Gasteiger partial charge in [-0.3, -0.25) is 4.79 Å². The Morgan fingerprint density at radius 1 is 1.35 bits per heavy atom. The van der Waals surface area contributed by atoms with Crippen LogP contribution in [0.4, 0.5) is 8.78 Å². The average molecular weight is 283 g/mol. The molecule has 0 bridgehead atoms. The molecule has 2 rings (SSSR count). The summed E-state index contributed by atoms with van der Waals surface area (Å²) in [7, 11) is 0. The number of aromatic amines is 1. The van der Waals surface area contributed by atoms with Gasteiger partial charge in [0, 0.05) is 11.1 Å². The van der Waals surface area contributed by atoms with Gasteiger partial charge in [-0.05, 0) is 17.3 Å². The fraction of sp³-hybridized carbons (Fsp3) is 0.273. The topological polar surface area (TPSA) is 104 Å². The number of hydrogen-bond acceptors (Lipinski definition) is 5. The van der Waals surface area contributed by atoms with Crippen LogP contribution in [0.25, 0.3) is 11.4 Å². The third-order valence-electron chi connectivity index (χ3n) is 2.49. The highest BCUT2D eigenvalue weighted by Gasteiger charge is 2.28. The average Bonchev–Trinajstić information content (AvgIpc) is 2.99. The molecule has 0 aliphatic rings. The van der Waals surface area contributed by atoms with Gasteiger partial charge < -0.3 is 10.4 Å². The minimum absolute atomic E-state index is 0.214. The summed E-state index contributed by atoms with van der Waals surface area (Å²) in [6, 6.07) is 6.06. The lowest BCUT2D eigenvalue weighted by Gasteiger charge is -2.13. The second-order valence-corrected chi connectivity index (χ2v) is 4.01. The Morgan fingerprint density at radius 3 is 2.60 bits per heavy atom. The molecule has 0 aliphatic heterocycles. The number of alkyl halides is 2. The molecule has 106 valence electrons. The number of aliphatic hydroxyl groups is 1. The predicted molar refractivity (Wildman–Crippen MR) is 64.0 cm³/mol. The van der Waals surface area contributed by atoms with Gasteiger partial charge in [0.25, 0.3) is 11.8 Å². The zero-order chi connectivity index (χ0) is 14.6. The molecule has 0 aliphatic carbocycles. The molecular formula is C11H11F2N5O2. The Labute approximate surface area is 112 Å².